The highest BCUT2D eigenvalue weighted by Gasteiger charge is 2.23. The number of methoxy groups -OCH3 is 1. The van der Waals surface area contributed by atoms with Crippen LogP contribution in [0.3, 0.4) is 0 Å². The summed E-state index contributed by atoms with van der Waals surface area (Å²) in [5.74, 6) is 0.975. The third-order valence-electron chi connectivity index (χ3n) is 5.68. The van der Waals surface area contributed by atoms with Crippen LogP contribution in [0.5, 0.6) is 5.75 Å². The SMILES string of the molecule is COc1ccccc1CC(=O)N1CCC(NCc2cccc(C)c2C)CC1. The van der Waals surface area contributed by atoms with Crippen molar-refractivity contribution in [1.82, 2.24) is 10.2 Å². The van der Waals surface area contributed by atoms with Crippen LogP contribution in [0, 0.1) is 13.8 Å². The van der Waals surface area contributed by atoms with E-state index in [9.17, 15) is 4.79 Å². The molecule has 4 nitrogen and oxygen atoms in total. The molecule has 1 aliphatic heterocycles. The Kier molecular flexibility index (Phi) is 6.51. The quantitative estimate of drug-likeness (QED) is 0.849. The number of amides is 1. The second-order valence-electron chi connectivity index (χ2n) is 7.38. The van der Waals surface area contributed by atoms with Crippen molar-refractivity contribution in [2.75, 3.05) is 20.2 Å². The van der Waals surface area contributed by atoms with E-state index in [-0.39, 0.29) is 5.91 Å². The number of nitrogens with one attached hydrogen (secondary N) is 1. The monoisotopic (exact) mass is 366 g/mol. The fourth-order valence-electron chi connectivity index (χ4n) is 3.71. The molecular weight excluding hydrogens is 336 g/mol. The summed E-state index contributed by atoms with van der Waals surface area (Å²) in [6.45, 7) is 6.88. The number of piperidine rings is 1. The molecule has 0 radical (unpaired) electrons. The van der Waals surface area contributed by atoms with Crippen LogP contribution in [0.1, 0.15) is 35.1 Å². The van der Waals surface area contributed by atoms with E-state index in [0.29, 0.717) is 12.5 Å². The van der Waals surface area contributed by atoms with Gasteiger partial charge in [-0.2, -0.15) is 0 Å². The summed E-state index contributed by atoms with van der Waals surface area (Å²) in [4.78, 5) is 14.6. The number of hydrogen-bond donors (Lipinski definition) is 1. The first kappa shape index (κ1) is 19.4. The van der Waals surface area contributed by atoms with Gasteiger partial charge >= 0.3 is 0 Å². The van der Waals surface area contributed by atoms with Crippen molar-refractivity contribution in [2.45, 2.75) is 45.7 Å². The van der Waals surface area contributed by atoms with Crippen LogP contribution in [0.25, 0.3) is 0 Å². The molecule has 1 heterocycles. The zero-order valence-corrected chi connectivity index (χ0v) is 16.6. The van der Waals surface area contributed by atoms with Crippen LogP contribution >= 0.6 is 0 Å². The Bertz CT molecular complexity index is 780. The molecule has 1 N–H and O–H groups in total. The number of nitrogens with zero attached hydrogens (tertiary/aromatic N) is 1. The predicted octanol–water partition coefficient (Wildman–Crippen LogP) is 3.64. The van der Waals surface area contributed by atoms with E-state index in [0.717, 1.165) is 43.8 Å². The standard InChI is InChI=1S/C23H30N2O2/c1-17-7-6-9-20(18(17)2)16-24-21-11-13-25(14-12-21)23(26)15-19-8-4-5-10-22(19)27-3/h4-10,21,24H,11-16H2,1-3H3. The first-order chi connectivity index (χ1) is 13.1. The zero-order valence-electron chi connectivity index (χ0n) is 16.6. The van der Waals surface area contributed by atoms with Gasteiger partial charge in [0.05, 0.1) is 13.5 Å². The van der Waals surface area contributed by atoms with E-state index < -0.39 is 0 Å². The number of benzene rings is 2. The fraction of sp³-hybridized carbons (Fsp3) is 0.435. The summed E-state index contributed by atoms with van der Waals surface area (Å²) >= 11 is 0. The van der Waals surface area contributed by atoms with E-state index >= 15 is 0 Å². The van der Waals surface area contributed by atoms with Crippen molar-refractivity contribution >= 4 is 5.91 Å². The Labute approximate surface area is 162 Å². The average molecular weight is 367 g/mol. The van der Waals surface area contributed by atoms with Crippen LogP contribution in [-0.4, -0.2) is 37.0 Å². The van der Waals surface area contributed by atoms with Crippen molar-refractivity contribution < 1.29 is 9.53 Å². The molecule has 4 heteroatoms. The van der Waals surface area contributed by atoms with Crippen LogP contribution in [0.2, 0.25) is 0 Å². The second kappa shape index (κ2) is 9.05. The van der Waals surface area contributed by atoms with Crippen molar-refractivity contribution in [1.29, 1.82) is 0 Å². The Balaban J connectivity index is 1.48. The maximum atomic E-state index is 12.7. The Morgan fingerprint density at radius 1 is 1.07 bits per heavy atom. The molecule has 1 saturated heterocycles. The summed E-state index contributed by atoms with van der Waals surface area (Å²) in [6, 6.07) is 14.7. The normalized spacial score (nSPS) is 15.0. The topological polar surface area (TPSA) is 41.6 Å². The van der Waals surface area contributed by atoms with Gasteiger partial charge in [0.25, 0.3) is 0 Å². The lowest BCUT2D eigenvalue weighted by molar-refractivity contribution is -0.131. The number of aryl methyl sites for hydroxylation is 1. The van der Waals surface area contributed by atoms with E-state index in [4.69, 9.17) is 4.74 Å². The predicted molar refractivity (Wildman–Crippen MR) is 109 cm³/mol. The Morgan fingerprint density at radius 2 is 1.78 bits per heavy atom. The van der Waals surface area contributed by atoms with Crippen molar-refractivity contribution in [3.8, 4) is 5.75 Å². The van der Waals surface area contributed by atoms with Crippen LogP contribution in [0.15, 0.2) is 42.5 Å². The molecule has 0 aliphatic carbocycles. The molecule has 0 unspecified atom stereocenters. The van der Waals surface area contributed by atoms with E-state index in [1.807, 2.05) is 29.2 Å². The van der Waals surface area contributed by atoms with Crippen LogP contribution in [-0.2, 0) is 17.8 Å². The third-order valence-corrected chi connectivity index (χ3v) is 5.68. The summed E-state index contributed by atoms with van der Waals surface area (Å²) in [5, 5.41) is 3.68. The zero-order chi connectivity index (χ0) is 19.2. The minimum absolute atomic E-state index is 0.187. The van der Waals surface area contributed by atoms with Gasteiger partial charge in [0.2, 0.25) is 5.91 Å². The summed E-state index contributed by atoms with van der Waals surface area (Å²) in [7, 11) is 1.65. The largest absolute Gasteiger partial charge is 0.496 e. The number of carbonyl (C=O) groups excluding carboxylic acids is 1. The maximum Gasteiger partial charge on any atom is 0.227 e. The van der Waals surface area contributed by atoms with Gasteiger partial charge in [-0.05, 0) is 49.4 Å². The lowest BCUT2D eigenvalue weighted by Gasteiger charge is -2.33. The average Bonchev–Trinajstić information content (AvgIpc) is 2.70. The molecule has 1 amide bonds. The van der Waals surface area contributed by atoms with E-state index in [1.54, 1.807) is 7.11 Å². The maximum absolute atomic E-state index is 12.7. The Morgan fingerprint density at radius 3 is 2.52 bits per heavy atom. The molecule has 2 aromatic carbocycles. The smallest absolute Gasteiger partial charge is 0.227 e. The molecule has 2 aromatic rings. The molecule has 3 rings (SSSR count). The number of ether oxygens (including phenoxy) is 1. The summed E-state index contributed by atoms with van der Waals surface area (Å²) in [6.07, 6.45) is 2.41. The van der Waals surface area contributed by atoms with Crippen molar-refractivity contribution in [3.63, 3.8) is 0 Å². The molecule has 0 bridgehead atoms. The number of hydrogen-bond acceptors (Lipinski definition) is 3. The summed E-state index contributed by atoms with van der Waals surface area (Å²) in [5.41, 5.74) is 5.03. The number of para-hydroxylation sites is 1. The Hall–Kier alpha value is -2.33. The molecule has 0 aromatic heterocycles. The lowest BCUT2D eigenvalue weighted by atomic mass is 10.0. The molecule has 1 fully saturated rings. The van der Waals surface area contributed by atoms with Gasteiger partial charge in [-0.15, -0.1) is 0 Å². The van der Waals surface area contributed by atoms with Gasteiger partial charge in [-0.3, -0.25) is 4.79 Å². The second-order valence-corrected chi connectivity index (χ2v) is 7.38. The molecule has 0 spiro atoms. The lowest BCUT2D eigenvalue weighted by Crippen LogP contribution is -2.45. The number of likely N-dealkylation sites (tertiary alicyclic amines) is 1. The van der Waals surface area contributed by atoms with Crippen LogP contribution < -0.4 is 10.1 Å². The highest BCUT2D eigenvalue weighted by atomic mass is 16.5. The van der Waals surface area contributed by atoms with Gasteiger partial charge in [0.15, 0.2) is 0 Å². The van der Waals surface area contributed by atoms with Crippen LogP contribution in [0.4, 0.5) is 0 Å². The van der Waals surface area contributed by atoms with E-state index in [1.165, 1.54) is 16.7 Å². The minimum Gasteiger partial charge on any atom is -0.496 e. The molecular formula is C23H30N2O2. The van der Waals surface area contributed by atoms with Gasteiger partial charge in [0.1, 0.15) is 5.75 Å². The fourth-order valence-corrected chi connectivity index (χ4v) is 3.71. The van der Waals surface area contributed by atoms with Gasteiger partial charge in [-0.25, -0.2) is 0 Å². The highest BCUT2D eigenvalue weighted by molar-refractivity contribution is 5.79. The molecule has 0 saturated carbocycles. The first-order valence-electron chi connectivity index (χ1n) is 9.76. The summed E-state index contributed by atoms with van der Waals surface area (Å²) < 4.78 is 5.36. The van der Waals surface area contributed by atoms with Crippen molar-refractivity contribution in [2.24, 2.45) is 0 Å². The van der Waals surface area contributed by atoms with E-state index in [2.05, 4.69) is 37.4 Å². The minimum atomic E-state index is 0.187. The molecule has 0 atom stereocenters. The van der Waals surface area contributed by atoms with Crippen molar-refractivity contribution in [3.05, 3.63) is 64.7 Å². The van der Waals surface area contributed by atoms with Gasteiger partial charge < -0.3 is 15.0 Å². The van der Waals surface area contributed by atoms with Gasteiger partial charge in [0, 0.05) is 31.2 Å². The van der Waals surface area contributed by atoms with Gasteiger partial charge in [-0.1, -0.05) is 36.4 Å². The highest BCUT2D eigenvalue weighted by Crippen LogP contribution is 2.20. The number of rotatable bonds is 6. The third kappa shape index (κ3) is 4.89. The number of carbonyl (C=O) groups is 1. The molecule has 144 valence electrons. The molecule has 27 heavy (non-hydrogen) atoms. The first-order valence-corrected chi connectivity index (χ1v) is 9.76. The molecule has 1 aliphatic rings.